The normalized spacial score (nSPS) is 13.1. The Kier molecular flexibility index (Phi) is 18.1. The van der Waals surface area contributed by atoms with Gasteiger partial charge >= 0.3 is 18.1 Å². The number of carbonyl (C=O) groups is 5. The molecule has 0 unspecified atom stereocenters. The molecule has 232 valence electrons. The smallest absolute Gasteiger partial charge is 0.475 e. The summed E-state index contributed by atoms with van der Waals surface area (Å²) in [6, 6.07) is 6.86. The molecule has 0 aliphatic carbocycles. The SMILES string of the molecule is COC(=O)CCNC(=O)[C@H](Cc1ccccc1)NC(=O)[C@H](CC(C)C)NC(=O)[C@@H](N)CCSC.O=C(O)C(F)(F)F. The molecule has 0 saturated heterocycles. The van der Waals surface area contributed by atoms with E-state index >= 15 is 0 Å². The minimum absolute atomic E-state index is 0.0220. The minimum atomic E-state index is -5.08. The van der Waals surface area contributed by atoms with Crippen LogP contribution < -0.4 is 21.7 Å². The molecule has 0 spiro atoms. The quantitative estimate of drug-likeness (QED) is 0.185. The van der Waals surface area contributed by atoms with Crippen molar-refractivity contribution < 1.29 is 47.0 Å². The monoisotopic (exact) mass is 608 g/mol. The van der Waals surface area contributed by atoms with E-state index in [-0.39, 0.29) is 25.3 Å². The second kappa shape index (κ2) is 19.7. The van der Waals surface area contributed by atoms with Gasteiger partial charge in [0.15, 0.2) is 0 Å². The van der Waals surface area contributed by atoms with Crippen molar-refractivity contribution in [2.75, 3.05) is 25.7 Å². The number of hydrogen-bond acceptors (Lipinski definition) is 8. The molecule has 6 N–H and O–H groups in total. The number of alkyl halides is 3. The van der Waals surface area contributed by atoms with E-state index in [1.54, 1.807) is 11.8 Å². The van der Waals surface area contributed by atoms with Crippen molar-refractivity contribution >= 4 is 41.4 Å². The van der Waals surface area contributed by atoms with Crippen LogP contribution in [0.1, 0.15) is 38.7 Å². The molecule has 0 aromatic heterocycles. The van der Waals surface area contributed by atoms with E-state index in [0.29, 0.717) is 12.8 Å². The van der Waals surface area contributed by atoms with Crippen LogP contribution in [0.3, 0.4) is 0 Å². The van der Waals surface area contributed by atoms with Gasteiger partial charge in [-0.05, 0) is 36.3 Å². The summed E-state index contributed by atoms with van der Waals surface area (Å²) in [7, 11) is 1.28. The number of aliphatic carboxylic acids is 1. The maximum Gasteiger partial charge on any atom is 0.490 e. The van der Waals surface area contributed by atoms with Gasteiger partial charge in [0.2, 0.25) is 17.7 Å². The first kappa shape index (κ1) is 37.7. The predicted octanol–water partition coefficient (Wildman–Crippen LogP) is 1.64. The Labute approximate surface area is 241 Å². The van der Waals surface area contributed by atoms with Gasteiger partial charge in [0.05, 0.1) is 19.6 Å². The lowest BCUT2D eigenvalue weighted by atomic mass is 10.0. The van der Waals surface area contributed by atoms with Crippen LogP contribution in [-0.2, 0) is 35.1 Å². The van der Waals surface area contributed by atoms with Crippen LogP contribution in [0.25, 0.3) is 0 Å². The van der Waals surface area contributed by atoms with Gasteiger partial charge in [0.25, 0.3) is 0 Å². The second-order valence-electron chi connectivity index (χ2n) is 9.25. The second-order valence-corrected chi connectivity index (χ2v) is 10.2. The molecule has 0 saturated carbocycles. The van der Waals surface area contributed by atoms with Crippen molar-refractivity contribution in [2.24, 2.45) is 11.7 Å². The Morgan fingerprint density at radius 2 is 1.56 bits per heavy atom. The van der Waals surface area contributed by atoms with Gasteiger partial charge in [-0.3, -0.25) is 19.2 Å². The van der Waals surface area contributed by atoms with Crippen molar-refractivity contribution in [2.45, 2.75) is 63.8 Å². The fraction of sp³-hybridized carbons (Fsp3) is 0.577. The van der Waals surface area contributed by atoms with E-state index in [9.17, 15) is 32.3 Å². The zero-order valence-corrected chi connectivity index (χ0v) is 24.3. The largest absolute Gasteiger partial charge is 0.490 e. The summed E-state index contributed by atoms with van der Waals surface area (Å²) in [5.74, 6) is -3.61. The van der Waals surface area contributed by atoms with Crippen molar-refractivity contribution in [3.05, 3.63) is 35.9 Å². The number of rotatable bonds is 15. The Morgan fingerprint density at radius 1 is 1.00 bits per heavy atom. The highest BCUT2D eigenvalue weighted by atomic mass is 32.2. The lowest BCUT2D eigenvalue weighted by Gasteiger charge is -2.25. The molecule has 0 bridgehead atoms. The molecule has 0 fully saturated rings. The van der Waals surface area contributed by atoms with Crippen molar-refractivity contribution in [3.63, 3.8) is 0 Å². The van der Waals surface area contributed by atoms with Crippen LogP contribution in [0.2, 0.25) is 0 Å². The fourth-order valence-electron chi connectivity index (χ4n) is 3.20. The van der Waals surface area contributed by atoms with E-state index in [4.69, 9.17) is 15.6 Å². The Bertz CT molecular complexity index is 982. The number of benzene rings is 1. The third-order valence-electron chi connectivity index (χ3n) is 5.32. The number of halogens is 3. The predicted molar refractivity (Wildman–Crippen MR) is 148 cm³/mol. The minimum Gasteiger partial charge on any atom is -0.475 e. The van der Waals surface area contributed by atoms with Gasteiger partial charge in [0, 0.05) is 13.0 Å². The molecule has 11 nitrogen and oxygen atoms in total. The highest BCUT2D eigenvalue weighted by Gasteiger charge is 2.38. The third kappa shape index (κ3) is 17.2. The number of esters is 1. The van der Waals surface area contributed by atoms with Crippen LogP contribution in [0, 0.1) is 5.92 Å². The molecule has 3 atom stereocenters. The average molecular weight is 609 g/mol. The molecule has 41 heavy (non-hydrogen) atoms. The highest BCUT2D eigenvalue weighted by Crippen LogP contribution is 2.13. The number of methoxy groups -OCH3 is 1. The number of carboxylic acids is 1. The zero-order chi connectivity index (χ0) is 31.6. The Morgan fingerprint density at radius 3 is 2.05 bits per heavy atom. The van der Waals surface area contributed by atoms with E-state index in [2.05, 4.69) is 20.7 Å². The molecular weight excluding hydrogens is 569 g/mol. The summed E-state index contributed by atoms with van der Waals surface area (Å²) in [5, 5.41) is 15.3. The maximum atomic E-state index is 13.2. The van der Waals surface area contributed by atoms with Gasteiger partial charge < -0.3 is 31.5 Å². The third-order valence-corrected chi connectivity index (χ3v) is 5.97. The highest BCUT2D eigenvalue weighted by molar-refractivity contribution is 7.98. The standard InChI is InChI=1S/C24H38N4O5S.C2HF3O2/c1-16(2)14-19(27-22(30)18(25)11-13-34-4)24(32)28-20(15-17-8-6-5-7-9-17)23(31)26-12-10-21(29)33-3;3-2(4,5)1(6)7/h5-9,16,18-20H,10-15,25H2,1-4H3,(H,26,31)(H,27,30)(H,28,32);(H,6,7)/t18-,19-,20-;/m0./s1. The van der Waals surface area contributed by atoms with Crippen molar-refractivity contribution in [1.82, 2.24) is 16.0 Å². The van der Waals surface area contributed by atoms with Gasteiger partial charge in [-0.1, -0.05) is 44.2 Å². The van der Waals surface area contributed by atoms with E-state index in [0.717, 1.165) is 11.3 Å². The van der Waals surface area contributed by atoms with Gasteiger partial charge in [-0.2, -0.15) is 24.9 Å². The first-order valence-electron chi connectivity index (χ1n) is 12.7. The van der Waals surface area contributed by atoms with Crippen LogP contribution in [0.15, 0.2) is 30.3 Å². The van der Waals surface area contributed by atoms with E-state index < -0.39 is 54.0 Å². The Balaban J connectivity index is 0.00000201. The van der Waals surface area contributed by atoms with Crippen molar-refractivity contribution in [3.8, 4) is 0 Å². The van der Waals surface area contributed by atoms with Gasteiger partial charge in [-0.25, -0.2) is 4.79 Å². The van der Waals surface area contributed by atoms with Gasteiger partial charge in [0.1, 0.15) is 12.1 Å². The summed E-state index contributed by atoms with van der Waals surface area (Å²) in [5.41, 5.74) is 6.83. The molecular formula is C26H39F3N4O7S. The van der Waals surface area contributed by atoms with Crippen LogP contribution >= 0.6 is 11.8 Å². The number of ether oxygens (including phenoxy) is 1. The van der Waals surface area contributed by atoms with Crippen LogP contribution in [0.5, 0.6) is 0 Å². The number of hydrogen-bond donors (Lipinski definition) is 5. The fourth-order valence-corrected chi connectivity index (χ4v) is 3.69. The average Bonchev–Trinajstić information content (AvgIpc) is 2.90. The summed E-state index contributed by atoms with van der Waals surface area (Å²) in [4.78, 5) is 58.8. The molecule has 0 heterocycles. The molecule has 15 heteroatoms. The molecule has 0 aliphatic rings. The number of amides is 3. The first-order chi connectivity index (χ1) is 19.1. The van der Waals surface area contributed by atoms with E-state index in [1.165, 1.54) is 7.11 Å². The molecule has 1 aromatic rings. The topological polar surface area (TPSA) is 177 Å². The number of carboxylic acid groups (broad SMARTS) is 1. The molecule has 0 aliphatic heterocycles. The summed E-state index contributed by atoms with van der Waals surface area (Å²) < 4.78 is 36.3. The molecule has 0 radical (unpaired) electrons. The molecule has 1 rings (SSSR count). The van der Waals surface area contributed by atoms with E-state index in [1.807, 2.05) is 50.4 Å². The number of thioether (sulfide) groups is 1. The summed E-state index contributed by atoms with van der Waals surface area (Å²) in [6.45, 7) is 3.98. The Hall–Kier alpha value is -3.33. The summed E-state index contributed by atoms with van der Waals surface area (Å²) >= 11 is 1.59. The maximum absolute atomic E-state index is 13.2. The van der Waals surface area contributed by atoms with Crippen LogP contribution in [0.4, 0.5) is 13.2 Å². The number of carbonyl (C=O) groups excluding carboxylic acids is 4. The number of nitrogens with one attached hydrogen (secondary N) is 3. The molecule has 3 amide bonds. The number of nitrogens with two attached hydrogens (primary N) is 1. The zero-order valence-electron chi connectivity index (χ0n) is 23.5. The molecule has 1 aromatic carbocycles. The first-order valence-corrected chi connectivity index (χ1v) is 14.1. The van der Waals surface area contributed by atoms with Gasteiger partial charge in [-0.15, -0.1) is 0 Å². The van der Waals surface area contributed by atoms with Crippen molar-refractivity contribution in [1.29, 1.82) is 0 Å². The lowest BCUT2D eigenvalue weighted by Crippen LogP contribution is -2.56. The van der Waals surface area contributed by atoms with Crippen LogP contribution in [-0.4, -0.2) is 84.7 Å². The lowest BCUT2D eigenvalue weighted by molar-refractivity contribution is -0.192. The summed E-state index contributed by atoms with van der Waals surface area (Å²) in [6.07, 6.45) is -1.97.